The Morgan fingerprint density at radius 1 is 1.06 bits per heavy atom. The third-order valence-corrected chi connectivity index (χ3v) is 6.50. The number of hydrogen-bond acceptors (Lipinski definition) is 3. The van der Waals surface area contributed by atoms with Crippen molar-refractivity contribution in [3.8, 4) is 5.75 Å². The summed E-state index contributed by atoms with van der Waals surface area (Å²) in [5.74, 6) is 1.19. The molecule has 2 aromatic rings. The SMILES string of the molecule is CC[C@H]1CN(C(=O)N2CCC(C(=O)Nc3ccc(C(C)C)cc3)CC2)c2ccccc2O1. The molecule has 0 bridgehead atoms. The van der Waals surface area contributed by atoms with Crippen LogP contribution in [0.3, 0.4) is 0 Å². The fourth-order valence-corrected chi connectivity index (χ4v) is 4.39. The highest BCUT2D eigenvalue weighted by Gasteiger charge is 2.34. The predicted molar refractivity (Wildman–Crippen MR) is 127 cm³/mol. The van der Waals surface area contributed by atoms with Crippen molar-refractivity contribution in [2.75, 3.05) is 29.9 Å². The van der Waals surface area contributed by atoms with Gasteiger partial charge in [-0.25, -0.2) is 4.79 Å². The highest BCUT2D eigenvalue weighted by molar-refractivity contribution is 5.95. The largest absolute Gasteiger partial charge is 0.486 e. The number of rotatable bonds is 4. The Bertz CT molecular complexity index is 949. The van der Waals surface area contributed by atoms with Gasteiger partial charge in [0.15, 0.2) is 0 Å². The van der Waals surface area contributed by atoms with E-state index in [0.717, 1.165) is 23.5 Å². The van der Waals surface area contributed by atoms with E-state index in [0.29, 0.717) is 38.4 Å². The number of carbonyl (C=O) groups is 2. The smallest absolute Gasteiger partial charge is 0.324 e. The van der Waals surface area contributed by atoms with Gasteiger partial charge in [-0.05, 0) is 55.0 Å². The number of carbonyl (C=O) groups excluding carboxylic acids is 2. The summed E-state index contributed by atoms with van der Waals surface area (Å²) in [6.45, 7) is 8.10. The Morgan fingerprint density at radius 2 is 1.75 bits per heavy atom. The van der Waals surface area contributed by atoms with Crippen LogP contribution in [0.15, 0.2) is 48.5 Å². The van der Waals surface area contributed by atoms with Gasteiger partial charge in [-0.2, -0.15) is 0 Å². The first-order valence-electron chi connectivity index (χ1n) is 11.7. The lowest BCUT2D eigenvalue weighted by Gasteiger charge is -2.39. The number of benzene rings is 2. The van der Waals surface area contributed by atoms with Gasteiger partial charge in [0.1, 0.15) is 11.9 Å². The maximum atomic E-state index is 13.3. The topological polar surface area (TPSA) is 61.9 Å². The Hall–Kier alpha value is -3.02. The zero-order chi connectivity index (χ0) is 22.7. The fourth-order valence-electron chi connectivity index (χ4n) is 4.39. The molecule has 0 spiro atoms. The third kappa shape index (κ3) is 4.74. The van der Waals surface area contributed by atoms with E-state index in [1.807, 2.05) is 46.2 Å². The summed E-state index contributed by atoms with van der Waals surface area (Å²) in [6.07, 6.45) is 2.19. The molecule has 1 saturated heterocycles. The zero-order valence-corrected chi connectivity index (χ0v) is 19.2. The van der Waals surface area contributed by atoms with E-state index < -0.39 is 0 Å². The number of para-hydroxylation sites is 2. The number of fused-ring (bicyclic) bond motifs is 1. The number of urea groups is 1. The Kier molecular flexibility index (Phi) is 6.68. The van der Waals surface area contributed by atoms with Crippen molar-refractivity contribution >= 4 is 23.3 Å². The molecule has 1 fully saturated rings. The van der Waals surface area contributed by atoms with Crippen LogP contribution in [0.25, 0.3) is 0 Å². The zero-order valence-electron chi connectivity index (χ0n) is 19.2. The average molecular weight is 436 g/mol. The molecule has 6 nitrogen and oxygen atoms in total. The van der Waals surface area contributed by atoms with Crippen molar-refractivity contribution in [3.63, 3.8) is 0 Å². The molecule has 0 aromatic heterocycles. The number of hydrogen-bond donors (Lipinski definition) is 1. The van der Waals surface area contributed by atoms with Crippen molar-refractivity contribution < 1.29 is 14.3 Å². The molecule has 2 heterocycles. The molecule has 2 aliphatic heterocycles. The molecule has 0 unspecified atom stereocenters. The second-order valence-electron chi connectivity index (χ2n) is 9.04. The molecule has 1 N–H and O–H groups in total. The quantitative estimate of drug-likeness (QED) is 0.713. The maximum Gasteiger partial charge on any atom is 0.324 e. The second-order valence-corrected chi connectivity index (χ2v) is 9.04. The van der Waals surface area contributed by atoms with Gasteiger partial charge in [-0.3, -0.25) is 9.69 Å². The first-order valence-corrected chi connectivity index (χ1v) is 11.7. The van der Waals surface area contributed by atoms with Gasteiger partial charge in [0, 0.05) is 24.7 Å². The molecule has 4 rings (SSSR count). The van der Waals surface area contributed by atoms with Crippen LogP contribution in [0, 0.1) is 5.92 Å². The van der Waals surface area contributed by atoms with E-state index in [-0.39, 0.29) is 24.0 Å². The molecule has 32 heavy (non-hydrogen) atoms. The van der Waals surface area contributed by atoms with Crippen LogP contribution in [-0.2, 0) is 4.79 Å². The van der Waals surface area contributed by atoms with Crippen molar-refractivity contribution in [2.45, 2.75) is 52.1 Å². The predicted octanol–water partition coefficient (Wildman–Crippen LogP) is 5.26. The number of anilines is 2. The molecular formula is C26H33N3O3. The van der Waals surface area contributed by atoms with Gasteiger partial charge in [0.2, 0.25) is 5.91 Å². The molecular weight excluding hydrogens is 402 g/mol. The minimum Gasteiger partial charge on any atom is -0.486 e. The molecule has 0 saturated carbocycles. The monoisotopic (exact) mass is 435 g/mol. The minimum absolute atomic E-state index is 0.000694. The highest BCUT2D eigenvalue weighted by atomic mass is 16.5. The molecule has 0 aliphatic carbocycles. The minimum atomic E-state index is -0.0795. The lowest BCUT2D eigenvalue weighted by Crippen LogP contribution is -2.52. The molecule has 2 aromatic carbocycles. The molecule has 0 radical (unpaired) electrons. The second kappa shape index (κ2) is 9.63. The summed E-state index contributed by atoms with van der Waals surface area (Å²) in [5.41, 5.74) is 2.91. The average Bonchev–Trinajstić information content (AvgIpc) is 2.83. The van der Waals surface area contributed by atoms with Crippen LogP contribution in [0.2, 0.25) is 0 Å². The van der Waals surface area contributed by atoms with Gasteiger partial charge in [-0.15, -0.1) is 0 Å². The van der Waals surface area contributed by atoms with E-state index in [1.165, 1.54) is 5.56 Å². The number of amides is 3. The molecule has 3 amide bonds. The fraction of sp³-hybridized carbons (Fsp3) is 0.462. The summed E-state index contributed by atoms with van der Waals surface area (Å²) in [4.78, 5) is 29.8. The summed E-state index contributed by atoms with van der Waals surface area (Å²) < 4.78 is 6.01. The number of ether oxygens (including phenoxy) is 1. The lowest BCUT2D eigenvalue weighted by molar-refractivity contribution is -0.121. The van der Waals surface area contributed by atoms with E-state index in [1.54, 1.807) is 0 Å². The van der Waals surface area contributed by atoms with Gasteiger partial charge in [-0.1, -0.05) is 45.0 Å². The van der Waals surface area contributed by atoms with Crippen LogP contribution >= 0.6 is 0 Å². The molecule has 6 heteroatoms. The van der Waals surface area contributed by atoms with Gasteiger partial charge in [0.05, 0.1) is 12.2 Å². The van der Waals surface area contributed by atoms with Gasteiger partial charge >= 0.3 is 6.03 Å². The van der Waals surface area contributed by atoms with Gasteiger partial charge < -0.3 is 15.0 Å². The van der Waals surface area contributed by atoms with Crippen molar-refractivity contribution in [2.24, 2.45) is 5.92 Å². The number of likely N-dealkylation sites (tertiary alicyclic amines) is 1. The van der Waals surface area contributed by atoms with Crippen LogP contribution in [0.1, 0.15) is 51.5 Å². The normalized spacial score (nSPS) is 18.8. The summed E-state index contributed by atoms with van der Waals surface area (Å²) in [7, 11) is 0. The highest BCUT2D eigenvalue weighted by Crippen LogP contribution is 2.35. The first-order chi connectivity index (χ1) is 15.5. The van der Waals surface area contributed by atoms with Crippen LogP contribution in [0.4, 0.5) is 16.2 Å². The van der Waals surface area contributed by atoms with E-state index in [9.17, 15) is 9.59 Å². The molecule has 170 valence electrons. The Balaban J connectivity index is 1.35. The van der Waals surface area contributed by atoms with Crippen molar-refractivity contribution in [3.05, 3.63) is 54.1 Å². The first kappa shape index (κ1) is 22.2. The summed E-state index contributed by atoms with van der Waals surface area (Å²) in [5, 5.41) is 3.04. The van der Waals surface area contributed by atoms with E-state index >= 15 is 0 Å². The van der Waals surface area contributed by atoms with Crippen LogP contribution in [0.5, 0.6) is 5.75 Å². The Labute approximate surface area is 190 Å². The van der Waals surface area contributed by atoms with Crippen LogP contribution < -0.4 is 15.0 Å². The summed E-state index contributed by atoms with van der Waals surface area (Å²) >= 11 is 0. The number of nitrogens with one attached hydrogen (secondary N) is 1. The van der Waals surface area contributed by atoms with Crippen LogP contribution in [-0.4, -0.2) is 42.6 Å². The lowest BCUT2D eigenvalue weighted by atomic mass is 9.95. The standard InChI is InChI=1S/C26H33N3O3/c1-4-22-17-29(23-7-5-6-8-24(23)32-22)26(31)28-15-13-20(14-16-28)25(30)27-21-11-9-19(10-12-21)18(2)3/h5-12,18,20,22H,4,13-17H2,1-3H3,(H,27,30)/t22-/m0/s1. The maximum absolute atomic E-state index is 13.3. The molecule has 1 atom stereocenters. The van der Waals surface area contributed by atoms with E-state index in [2.05, 4.69) is 38.2 Å². The Morgan fingerprint density at radius 3 is 2.41 bits per heavy atom. The molecule has 2 aliphatic rings. The van der Waals surface area contributed by atoms with Gasteiger partial charge in [0.25, 0.3) is 0 Å². The number of piperidine rings is 1. The van der Waals surface area contributed by atoms with E-state index in [4.69, 9.17) is 4.74 Å². The third-order valence-electron chi connectivity index (χ3n) is 6.50. The summed E-state index contributed by atoms with van der Waals surface area (Å²) in [6, 6.07) is 15.8. The number of nitrogens with zero attached hydrogens (tertiary/aromatic N) is 2. The van der Waals surface area contributed by atoms with Crippen molar-refractivity contribution in [1.82, 2.24) is 4.90 Å². The van der Waals surface area contributed by atoms with Crippen molar-refractivity contribution in [1.29, 1.82) is 0 Å².